The van der Waals surface area contributed by atoms with Crippen LogP contribution in [0.4, 0.5) is 19.3 Å². The van der Waals surface area contributed by atoms with Crippen LogP contribution in [0.15, 0.2) is 103 Å². The summed E-state index contributed by atoms with van der Waals surface area (Å²) >= 11 is 0. The Morgan fingerprint density at radius 3 is 2.14 bits per heavy atom. The molecule has 4 aromatic carbocycles. The number of ether oxygens (including phenoxy) is 4. The Hall–Kier alpha value is -4.60. The Kier molecular flexibility index (Phi) is 8.67. The molecule has 0 aliphatic carbocycles. The number of nitrogens with zero attached hydrogens (tertiary/aromatic N) is 1. The van der Waals surface area contributed by atoms with Crippen molar-refractivity contribution in [3.63, 3.8) is 0 Å². The summed E-state index contributed by atoms with van der Waals surface area (Å²) in [4.78, 5) is 27.5. The van der Waals surface area contributed by atoms with E-state index in [2.05, 4.69) is 0 Å². The largest absolute Gasteiger partial charge is 0.514 e. The van der Waals surface area contributed by atoms with Crippen molar-refractivity contribution in [1.29, 1.82) is 0 Å². The van der Waals surface area contributed by atoms with E-state index in [4.69, 9.17) is 18.9 Å². The number of carbonyl (C=O) groups is 2. The average molecular weight is 600 g/mol. The van der Waals surface area contributed by atoms with Crippen LogP contribution in [-0.4, -0.2) is 25.3 Å². The first-order valence-corrected chi connectivity index (χ1v) is 14.5. The molecule has 44 heavy (non-hydrogen) atoms. The minimum Gasteiger partial charge on any atom is -0.429 e. The smallest absolute Gasteiger partial charge is 0.429 e. The van der Waals surface area contributed by atoms with Crippen molar-refractivity contribution in [2.24, 2.45) is 5.92 Å². The maximum atomic E-state index is 13.7. The average Bonchev–Trinajstić information content (AvgIpc) is 3.05. The third-order valence-corrected chi connectivity index (χ3v) is 7.97. The van der Waals surface area contributed by atoms with Crippen LogP contribution in [-0.2, 0) is 31.4 Å². The molecule has 0 aromatic heterocycles. The molecule has 0 unspecified atom stereocenters. The molecule has 0 radical (unpaired) electrons. The summed E-state index contributed by atoms with van der Waals surface area (Å²) in [6.07, 6.45) is 0.699. The molecular weight excluding hydrogens is 568 g/mol. The number of halogens is 2. The molecule has 2 saturated heterocycles. The molecule has 0 bridgehead atoms. The van der Waals surface area contributed by atoms with E-state index in [0.29, 0.717) is 43.1 Å². The highest BCUT2D eigenvalue weighted by molar-refractivity contribution is 6.03. The molecule has 0 N–H and O–H groups in total. The highest BCUT2D eigenvalue weighted by Gasteiger charge is 2.50. The Morgan fingerprint density at radius 2 is 1.48 bits per heavy atom. The predicted octanol–water partition coefficient (Wildman–Crippen LogP) is 7.45. The summed E-state index contributed by atoms with van der Waals surface area (Å²) in [7, 11) is 0. The Morgan fingerprint density at radius 1 is 0.841 bits per heavy atom. The van der Waals surface area contributed by atoms with E-state index in [1.54, 1.807) is 53.4 Å². The summed E-state index contributed by atoms with van der Waals surface area (Å²) in [5.74, 6) is -2.11. The van der Waals surface area contributed by atoms with Crippen molar-refractivity contribution in [1.82, 2.24) is 0 Å². The molecular formula is C35H31F2NO6. The molecule has 2 aliphatic heterocycles. The lowest BCUT2D eigenvalue weighted by Gasteiger charge is -2.49. The number of carbonyl (C=O) groups excluding carboxylic acids is 2. The van der Waals surface area contributed by atoms with Gasteiger partial charge in [-0.3, -0.25) is 4.79 Å². The van der Waals surface area contributed by atoms with Gasteiger partial charge in [-0.2, -0.15) is 0 Å². The zero-order valence-corrected chi connectivity index (χ0v) is 23.9. The second kappa shape index (κ2) is 13.0. The Bertz CT molecular complexity index is 1570. The SMILES string of the molecule is O=C(OCc1ccccc1)Oc1ccc([C@@H]2[C@@H](CCC3(c4ccc(F)cc4)OCCCO3)C(=O)N2c2ccc(F)cc2)cc1. The molecule has 7 nitrogen and oxygen atoms in total. The molecule has 4 aromatic rings. The minimum absolute atomic E-state index is 0.0864. The van der Waals surface area contributed by atoms with Crippen LogP contribution in [0.5, 0.6) is 5.75 Å². The fourth-order valence-electron chi connectivity index (χ4n) is 5.76. The lowest BCUT2D eigenvalue weighted by molar-refractivity contribution is -0.281. The van der Waals surface area contributed by atoms with Crippen LogP contribution in [0.2, 0.25) is 0 Å². The maximum absolute atomic E-state index is 13.7. The second-order valence-electron chi connectivity index (χ2n) is 10.8. The van der Waals surface area contributed by atoms with Gasteiger partial charge in [0, 0.05) is 17.7 Å². The number of rotatable bonds is 9. The predicted molar refractivity (Wildman–Crippen MR) is 158 cm³/mol. The van der Waals surface area contributed by atoms with E-state index >= 15 is 0 Å². The van der Waals surface area contributed by atoms with Crippen LogP contribution < -0.4 is 9.64 Å². The second-order valence-corrected chi connectivity index (χ2v) is 10.8. The monoisotopic (exact) mass is 599 g/mol. The highest BCUT2D eigenvalue weighted by Crippen LogP contribution is 2.48. The maximum Gasteiger partial charge on any atom is 0.514 e. The molecule has 6 rings (SSSR count). The zero-order valence-electron chi connectivity index (χ0n) is 23.9. The Balaban J connectivity index is 1.20. The fraction of sp³-hybridized carbons (Fsp3) is 0.257. The third kappa shape index (κ3) is 6.34. The van der Waals surface area contributed by atoms with Crippen molar-refractivity contribution < 1.29 is 37.3 Å². The zero-order chi connectivity index (χ0) is 30.5. The van der Waals surface area contributed by atoms with Gasteiger partial charge in [0.05, 0.1) is 25.2 Å². The number of hydrogen-bond donors (Lipinski definition) is 0. The fourth-order valence-corrected chi connectivity index (χ4v) is 5.76. The van der Waals surface area contributed by atoms with E-state index in [-0.39, 0.29) is 24.4 Å². The van der Waals surface area contributed by atoms with Crippen LogP contribution in [0.25, 0.3) is 0 Å². The normalized spacial score (nSPS) is 19.2. The van der Waals surface area contributed by atoms with Crippen LogP contribution >= 0.6 is 0 Å². The standard InChI is InChI=1S/C35H31F2NO6/c36-27-11-9-26(10-12-27)35(42-21-4-22-43-35)20-19-31-32(38(33(31)39)29-15-13-28(37)14-16-29)25-7-17-30(18-8-25)44-34(40)41-23-24-5-2-1-3-6-24/h1-3,5-18,31-32H,4,19-23H2/t31-,32-/m1/s1. The molecule has 9 heteroatoms. The van der Waals surface area contributed by atoms with E-state index in [1.165, 1.54) is 24.3 Å². The summed E-state index contributed by atoms with van der Waals surface area (Å²) in [5.41, 5.74) is 2.91. The van der Waals surface area contributed by atoms with Gasteiger partial charge in [0.1, 0.15) is 24.0 Å². The quantitative estimate of drug-likeness (QED) is 0.113. The van der Waals surface area contributed by atoms with Gasteiger partial charge in [-0.15, -0.1) is 0 Å². The van der Waals surface area contributed by atoms with E-state index in [9.17, 15) is 18.4 Å². The topological polar surface area (TPSA) is 74.3 Å². The molecule has 2 aliphatic rings. The number of amides is 1. The molecule has 2 fully saturated rings. The number of anilines is 1. The number of β-lactam (4-membered cyclic amide) rings is 1. The first kappa shape index (κ1) is 29.5. The van der Waals surface area contributed by atoms with E-state index < -0.39 is 23.7 Å². The summed E-state index contributed by atoms with van der Waals surface area (Å²) in [6, 6.07) is 27.6. The number of hydrogen-bond acceptors (Lipinski definition) is 6. The van der Waals surface area contributed by atoms with E-state index in [1.807, 2.05) is 30.3 Å². The molecule has 226 valence electrons. The first-order valence-electron chi connectivity index (χ1n) is 14.5. The van der Waals surface area contributed by atoms with Crippen molar-refractivity contribution in [2.45, 2.75) is 37.7 Å². The van der Waals surface area contributed by atoms with Gasteiger partial charge in [-0.25, -0.2) is 13.6 Å². The minimum atomic E-state index is -1.09. The van der Waals surface area contributed by atoms with Crippen molar-refractivity contribution in [3.05, 3.63) is 131 Å². The van der Waals surface area contributed by atoms with Gasteiger partial charge in [-0.05, 0) is 72.5 Å². The molecule has 0 saturated carbocycles. The van der Waals surface area contributed by atoms with Gasteiger partial charge < -0.3 is 23.8 Å². The van der Waals surface area contributed by atoms with E-state index in [0.717, 1.165) is 17.5 Å². The van der Waals surface area contributed by atoms with Crippen LogP contribution in [0, 0.1) is 17.6 Å². The molecule has 1 amide bonds. The molecule has 2 heterocycles. The lowest BCUT2D eigenvalue weighted by Crippen LogP contribution is -2.55. The lowest BCUT2D eigenvalue weighted by atomic mass is 9.77. The van der Waals surface area contributed by atoms with Crippen molar-refractivity contribution >= 4 is 17.7 Å². The van der Waals surface area contributed by atoms with Crippen LogP contribution in [0.3, 0.4) is 0 Å². The van der Waals surface area contributed by atoms with Gasteiger partial charge in [0.15, 0.2) is 5.79 Å². The van der Waals surface area contributed by atoms with Gasteiger partial charge >= 0.3 is 6.16 Å². The third-order valence-electron chi connectivity index (χ3n) is 7.97. The summed E-state index contributed by atoms with van der Waals surface area (Å²) in [5, 5.41) is 0. The highest BCUT2D eigenvalue weighted by atomic mass is 19.1. The van der Waals surface area contributed by atoms with Crippen molar-refractivity contribution in [2.75, 3.05) is 18.1 Å². The Labute approximate surface area is 253 Å². The summed E-state index contributed by atoms with van der Waals surface area (Å²) in [6.45, 7) is 1.05. The van der Waals surface area contributed by atoms with Gasteiger partial charge in [0.2, 0.25) is 5.91 Å². The molecule has 2 atom stereocenters. The first-order chi connectivity index (χ1) is 21.4. The summed E-state index contributed by atoms with van der Waals surface area (Å²) < 4.78 is 50.2. The van der Waals surface area contributed by atoms with Crippen LogP contribution in [0.1, 0.15) is 42.0 Å². The van der Waals surface area contributed by atoms with Gasteiger partial charge in [-0.1, -0.05) is 54.6 Å². The van der Waals surface area contributed by atoms with Crippen molar-refractivity contribution in [3.8, 4) is 5.75 Å². The number of benzene rings is 4. The van der Waals surface area contributed by atoms with Gasteiger partial charge in [0.25, 0.3) is 0 Å². The molecule has 0 spiro atoms.